The van der Waals surface area contributed by atoms with Crippen molar-refractivity contribution in [2.24, 2.45) is 5.92 Å². The Labute approximate surface area is 432 Å². The number of carbonyl (C=O) groups is 6. The molecule has 0 radical (unpaired) electrons. The van der Waals surface area contributed by atoms with Crippen molar-refractivity contribution in [3.05, 3.63) is 90.5 Å². The molecule has 0 fully saturated rings. The number of allylic oxidation sites excluding steroid dienone is 3. The van der Waals surface area contributed by atoms with Gasteiger partial charge in [-0.1, -0.05) is 191 Å². The monoisotopic (exact) mass is 989 g/mol. The van der Waals surface area contributed by atoms with E-state index in [9.17, 15) is 28.8 Å². The second kappa shape index (κ2) is 76.1. The van der Waals surface area contributed by atoms with Crippen molar-refractivity contribution < 1.29 is 39.0 Å². The molecular weight excluding hydrogens is 877 g/mol. The highest BCUT2D eigenvalue weighted by Gasteiger charge is 2.14. The van der Waals surface area contributed by atoms with Crippen molar-refractivity contribution >= 4 is 40.4 Å². The van der Waals surface area contributed by atoms with Crippen LogP contribution in [0.4, 0.5) is 5.69 Å². The van der Waals surface area contributed by atoms with Crippen molar-refractivity contribution in [2.45, 2.75) is 222 Å². The van der Waals surface area contributed by atoms with Gasteiger partial charge in [-0.15, -0.1) is 0 Å². The molecule has 4 N–H and O–H groups in total. The summed E-state index contributed by atoms with van der Waals surface area (Å²) < 4.78 is 0. The summed E-state index contributed by atoms with van der Waals surface area (Å²) in [5.74, 6) is 1.83. The first-order valence-corrected chi connectivity index (χ1v) is 26.8. The molecule has 2 unspecified atom stereocenters. The maximum absolute atomic E-state index is 11.1. The van der Waals surface area contributed by atoms with Crippen LogP contribution in [-0.2, 0) is 24.0 Å². The number of nitrogens with one attached hydrogen (secondary N) is 2. The normalized spacial score (nSPS) is 10.9. The second-order valence-corrected chi connectivity index (χ2v) is 13.9. The molecule has 2 aromatic rings. The van der Waals surface area contributed by atoms with Gasteiger partial charge in [0, 0.05) is 75.2 Å². The molecule has 2 aromatic carbocycles. The quantitative estimate of drug-likeness (QED) is 0.0460. The van der Waals surface area contributed by atoms with Gasteiger partial charge < -0.3 is 20.8 Å². The van der Waals surface area contributed by atoms with Gasteiger partial charge in [-0.25, -0.2) is 0 Å². The Kier molecular flexibility index (Phi) is 92.9. The summed E-state index contributed by atoms with van der Waals surface area (Å²) in [6, 6.07) is 19.3. The number of Topliss-reactive ketones (excluding diaryl/α,β-unsaturated/α-hetero) is 6. The van der Waals surface area contributed by atoms with Gasteiger partial charge in [0.05, 0.1) is 12.7 Å². The van der Waals surface area contributed by atoms with Crippen LogP contribution in [0.15, 0.2) is 85.0 Å². The zero-order valence-corrected chi connectivity index (χ0v) is 48.9. The molecule has 70 heavy (non-hydrogen) atoms. The lowest BCUT2D eigenvalue weighted by atomic mass is 9.91. The number of anilines is 1. The molecule has 0 spiro atoms. The van der Waals surface area contributed by atoms with Crippen LogP contribution in [0.3, 0.4) is 0 Å². The predicted octanol–water partition coefficient (Wildman–Crippen LogP) is 15.4. The summed E-state index contributed by atoms with van der Waals surface area (Å²) in [5, 5.41) is 23.1. The van der Waals surface area contributed by atoms with E-state index in [0.717, 1.165) is 50.1 Å². The smallest absolute Gasteiger partial charge is 0.162 e. The topological polar surface area (TPSA) is 167 Å². The minimum absolute atomic E-state index is 0.0648. The third-order valence-electron chi connectivity index (χ3n) is 8.46. The molecule has 2 atom stereocenters. The lowest BCUT2D eigenvalue weighted by Crippen LogP contribution is -2.16. The van der Waals surface area contributed by atoms with Crippen molar-refractivity contribution in [3.8, 4) is 0 Å². The molecule has 1 aliphatic carbocycles. The van der Waals surface area contributed by atoms with Gasteiger partial charge in [0.1, 0.15) is 23.1 Å². The number of aliphatic hydroxyl groups excluding tert-OH is 2. The summed E-state index contributed by atoms with van der Waals surface area (Å²) in [7, 11) is 0. The summed E-state index contributed by atoms with van der Waals surface area (Å²) in [5.41, 5.74) is 2.51. The first-order chi connectivity index (χ1) is 33.5. The third-order valence-corrected chi connectivity index (χ3v) is 8.46. The Balaban J connectivity index is -0.0000000871. The fraction of sp³-hybridized carbons (Fsp3) is 0.633. The standard InChI is InChI=1S/C11H15NO.C9H14O.C9H10O.C6H13NO.C5H12O2.C5H8O.C5H10O.5C2H6/c1-2-11(13)8-9-12-10-6-4-3-5-7-10;2*1-2-9(10)8-6-4-3-5-7-8;1-3-7-5-4-6(2)8;1-2-3-5(7)4-6;1-4(2)5(3)6;1-3-5(6)4-2;5*1-2/h3-7,12H,2,8-9H2,1H3;4,6,8H,2-3,5,7H2,1H3;3-7H,2H2,1H3;7H,3-5H2,1-2H3;5-7H,2-4H2,1H3;1H2,2-3H3;3-4H2,1-2H3;5*1-2H3. The van der Waals surface area contributed by atoms with Crippen molar-refractivity contribution in [3.63, 3.8) is 0 Å². The van der Waals surface area contributed by atoms with Crippen molar-refractivity contribution in [1.82, 2.24) is 5.32 Å². The molecule has 3 rings (SSSR count). The molecule has 1 aliphatic rings. The maximum atomic E-state index is 11.1. The Morgan fingerprint density at radius 3 is 1.40 bits per heavy atom. The van der Waals surface area contributed by atoms with E-state index in [2.05, 4.69) is 29.4 Å². The molecule has 0 heterocycles. The zero-order chi connectivity index (χ0) is 56.6. The van der Waals surface area contributed by atoms with Crippen molar-refractivity contribution in [2.75, 3.05) is 31.6 Å². The Bertz CT molecular complexity index is 1410. The average Bonchev–Trinajstić information content (AvgIpc) is 3.42. The fourth-order valence-electron chi connectivity index (χ4n) is 4.37. The number of hydrogen-bond donors (Lipinski definition) is 4. The molecule has 0 aliphatic heterocycles. The van der Waals surface area contributed by atoms with Crippen LogP contribution in [0.5, 0.6) is 0 Å². The van der Waals surface area contributed by atoms with E-state index < -0.39 is 6.10 Å². The number of aliphatic hydroxyl groups is 2. The van der Waals surface area contributed by atoms with Crippen LogP contribution in [0.2, 0.25) is 0 Å². The summed E-state index contributed by atoms with van der Waals surface area (Å²) >= 11 is 0. The number of para-hydroxylation sites is 1. The summed E-state index contributed by atoms with van der Waals surface area (Å²) in [4.78, 5) is 63.6. The van der Waals surface area contributed by atoms with Gasteiger partial charge in [0.15, 0.2) is 11.6 Å². The van der Waals surface area contributed by atoms with E-state index in [-0.39, 0.29) is 29.9 Å². The van der Waals surface area contributed by atoms with E-state index in [1.54, 1.807) is 13.8 Å². The number of carbonyl (C=O) groups excluding carboxylic acids is 6. The van der Waals surface area contributed by atoms with Gasteiger partial charge in [0.25, 0.3) is 0 Å². The van der Waals surface area contributed by atoms with E-state index in [1.807, 2.05) is 178 Å². The zero-order valence-electron chi connectivity index (χ0n) is 48.9. The van der Waals surface area contributed by atoms with Crippen LogP contribution >= 0.6 is 0 Å². The van der Waals surface area contributed by atoms with Crippen molar-refractivity contribution in [1.29, 1.82) is 0 Å². The molecule has 10 heteroatoms. The fourth-order valence-corrected chi connectivity index (χ4v) is 4.37. The van der Waals surface area contributed by atoms with Crippen LogP contribution in [0.25, 0.3) is 0 Å². The van der Waals surface area contributed by atoms with Gasteiger partial charge in [-0.05, 0) is 70.7 Å². The Hall–Kier alpha value is -4.38. The predicted molar refractivity (Wildman–Crippen MR) is 307 cm³/mol. The molecule has 0 bridgehead atoms. The van der Waals surface area contributed by atoms with Gasteiger partial charge in [-0.2, -0.15) is 0 Å². The van der Waals surface area contributed by atoms with Crippen LogP contribution in [0, 0.1) is 5.92 Å². The molecule has 10 nitrogen and oxygen atoms in total. The highest BCUT2D eigenvalue weighted by atomic mass is 16.3. The van der Waals surface area contributed by atoms with Gasteiger partial charge >= 0.3 is 0 Å². The number of rotatable bonds is 19. The van der Waals surface area contributed by atoms with Crippen LogP contribution in [0.1, 0.15) is 226 Å². The highest BCUT2D eigenvalue weighted by Crippen LogP contribution is 2.18. The number of ketones is 6. The molecule has 0 saturated carbocycles. The van der Waals surface area contributed by atoms with Crippen LogP contribution < -0.4 is 10.6 Å². The van der Waals surface area contributed by atoms with E-state index >= 15 is 0 Å². The summed E-state index contributed by atoms with van der Waals surface area (Å²) in [6.45, 7) is 44.1. The minimum Gasteiger partial charge on any atom is -0.394 e. The van der Waals surface area contributed by atoms with E-state index in [1.165, 1.54) is 13.3 Å². The van der Waals surface area contributed by atoms with Crippen LogP contribution in [-0.4, -0.2) is 77.3 Å². The van der Waals surface area contributed by atoms with Gasteiger partial charge in [0.2, 0.25) is 0 Å². The maximum Gasteiger partial charge on any atom is 0.162 e. The van der Waals surface area contributed by atoms with E-state index in [0.29, 0.717) is 74.3 Å². The number of hydrogen-bond acceptors (Lipinski definition) is 10. The molecule has 410 valence electrons. The second-order valence-electron chi connectivity index (χ2n) is 13.9. The van der Waals surface area contributed by atoms with E-state index in [4.69, 9.17) is 10.2 Å². The Morgan fingerprint density at radius 1 is 0.643 bits per heavy atom. The largest absolute Gasteiger partial charge is 0.394 e. The first kappa shape index (κ1) is 85.5. The number of benzene rings is 2. The lowest BCUT2D eigenvalue weighted by molar-refractivity contribution is -0.121. The van der Waals surface area contributed by atoms with Gasteiger partial charge in [-0.3, -0.25) is 28.8 Å². The average molecular weight is 990 g/mol. The molecule has 0 saturated heterocycles. The SMILES string of the molecule is C=C(C)C(C)=O.CC.CC.CC.CC.CC.CCC(=O)C1C=CCCC1.CCC(=O)CC.CCC(=O)CCNc1ccccc1.CCC(=O)c1ccccc1.CCCC(O)CO.CCNCCC(C)=O. The lowest BCUT2D eigenvalue weighted by Gasteiger charge is -2.13. The minimum atomic E-state index is -0.495. The summed E-state index contributed by atoms with van der Waals surface area (Å²) in [6.07, 6.45) is 13.3. The molecule has 0 amide bonds. The third kappa shape index (κ3) is 75.1. The first-order valence-electron chi connectivity index (χ1n) is 26.8. The molecule has 0 aromatic heterocycles. The molecular formula is C60H112N2O8. The highest BCUT2D eigenvalue weighted by molar-refractivity contribution is 5.95. The Morgan fingerprint density at radius 2 is 1.10 bits per heavy atom.